The molecule has 3 aliphatic heterocycles. The van der Waals surface area contributed by atoms with Crippen molar-refractivity contribution in [2.24, 2.45) is 0 Å². The second-order valence-corrected chi connectivity index (χ2v) is 10.5. The Morgan fingerprint density at radius 2 is 1.08 bits per heavy atom. The van der Waals surface area contributed by atoms with E-state index in [0.717, 1.165) is 30.7 Å². The zero-order chi connectivity index (χ0) is 40.2. The Morgan fingerprint density at radius 3 is 1.38 bits per heavy atom. The molecule has 0 aromatic rings. The number of imide groups is 2. The van der Waals surface area contributed by atoms with Crippen LogP contribution >= 0.6 is 0 Å². The number of hydrogen-bond donors (Lipinski definition) is 3. The number of methoxy groups -OCH3 is 1. The molecule has 3 heterocycles. The standard InChI is InChI=1S/C13H21NO5.C8H16O3.C4H5NO3.C4H4O3.C3H8O2.CH2O.CH4/c1-2-3-9-18-13(17)6-4-5-10-19-14-11(15)7-8-12(14)16;1-2-3-7-11-8(10)5-4-6-9;6-3-1-2-4(7)5(3)8;5-3-1-2-4(6)7-3;1-5-3-2-4;1-2;/h2-10H2,1H3;9H,2-7H2,1H3;8H,1-2H2;1-2H2;4H,2-3H2,1H3;1H2;1H4. The molecule has 19 heteroatoms. The molecule has 53 heavy (non-hydrogen) atoms. The third-order valence-electron chi connectivity index (χ3n) is 6.14. The van der Waals surface area contributed by atoms with Gasteiger partial charge in [0.15, 0.2) is 0 Å². The minimum atomic E-state index is -0.505. The number of aliphatic hydroxyl groups is 2. The fourth-order valence-electron chi connectivity index (χ4n) is 3.34. The van der Waals surface area contributed by atoms with Crippen LogP contribution in [0.5, 0.6) is 0 Å². The summed E-state index contributed by atoms with van der Waals surface area (Å²) in [5, 5.41) is 25.7. The minimum Gasteiger partial charge on any atom is -0.466 e. The summed E-state index contributed by atoms with van der Waals surface area (Å²) in [5.41, 5.74) is 0. The molecule has 4 amide bonds. The summed E-state index contributed by atoms with van der Waals surface area (Å²) in [6.45, 7) is 7.95. The van der Waals surface area contributed by atoms with Crippen LogP contribution in [-0.4, -0.2) is 127 Å². The SMILES string of the molecule is C.C=O.CCCCOC(=O)CCCCON1C(=O)CCC1=O.CCCCOC(=O)CCCO.COCCO.O=C1CCC(=O)N1O.O=C1CCC(=O)O1. The summed E-state index contributed by atoms with van der Waals surface area (Å²) in [6.07, 6.45) is 7.53. The van der Waals surface area contributed by atoms with Crippen LogP contribution in [0.15, 0.2) is 0 Å². The molecule has 0 bridgehead atoms. The van der Waals surface area contributed by atoms with Crippen LogP contribution in [0.25, 0.3) is 0 Å². The van der Waals surface area contributed by atoms with Crippen LogP contribution in [0, 0.1) is 0 Å². The third kappa shape index (κ3) is 33.4. The third-order valence-corrected chi connectivity index (χ3v) is 6.14. The van der Waals surface area contributed by atoms with Gasteiger partial charge in [-0.2, -0.15) is 10.1 Å². The average molecular weight is 769 g/mol. The van der Waals surface area contributed by atoms with Crippen molar-refractivity contribution in [1.82, 2.24) is 10.1 Å². The van der Waals surface area contributed by atoms with Gasteiger partial charge in [0.25, 0.3) is 23.6 Å². The van der Waals surface area contributed by atoms with E-state index in [9.17, 15) is 38.4 Å². The van der Waals surface area contributed by atoms with E-state index in [0.29, 0.717) is 51.9 Å². The number of carbonyl (C=O) groups excluding carboxylic acids is 9. The van der Waals surface area contributed by atoms with Crippen molar-refractivity contribution in [3.8, 4) is 0 Å². The van der Waals surface area contributed by atoms with E-state index in [1.165, 1.54) is 0 Å². The summed E-state index contributed by atoms with van der Waals surface area (Å²) in [5.74, 6) is -2.79. The number of hydrogen-bond acceptors (Lipinski definition) is 17. The Hall–Kier alpha value is -4.17. The largest absolute Gasteiger partial charge is 0.466 e. The lowest BCUT2D eigenvalue weighted by atomic mass is 10.2. The van der Waals surface area contributed by atoms with E-state index in [4.69, 9.17) is 34.5 Å². The van der Waals surface area contributed by atoms with Gasteiger partial charge in [0.2, 0.25) is 0 Å². The Bertz CT molecular complexity index is 1010. The van der Waals surface area contributed by atoms with Gasteiger partial charge in [0.1, 0.15) is 6.79 Å². The molecule has 308 valence electrons. The number of unbranched alkanes of at least 4 members (excludes halogenated alkanes) is 3. The Balaban J connectivity index is -0.000000301. The molecule has 3 rings (SSSR count). The van der Waals surface area contributed by atoms with Gasteiger partial charge in [0.05, 0.1) is 45.9 Å². The van der Waals surface area contributed by atoms with Crippen molar-refractivity contribution in [2.75, 3.05) is 46.8 Å². The zero-order valence-electron chi connectivity index (χ0n) is 30.5. The van der Waals surface area contributed by atoms with Gasteiger partial charge >= 0.3 is 23.9 Å². The van der Waals surface area contributed by atoms with E-state index < -0.39 is 23.8 Å². The first-order chi connectivity index (χ1) is 24.9. The number of hydroxylamine groups is 4. The molecule has 0 radical (unpaired) electrons. The maximum absolute atomic E-state index is 11.3. The summed E-state index contributed by atoms with van der Waals surface area (Å²) in [4.78, 5) is 98.0. The Morgan fingerprint density at radius 1 is 0.642 bits per heavy atom. The predicted octanol–water partition coefficient (Wildman–Crippen LogP) is 2.13. The number of esters is 4. The number of ether oxygens (including phenoxy) is 4. The Labute approximate surface area is 311 Å². The molecule has 0 saturated carbocycles. The quantitative estimate of drug-likeness (QED) is 0.0478. The highest BCUT2D eigenvalue weighted by Crippen LogP contribution is 2.12. The van der Waals surface area contributed by atoms with Crippen molar-refractivity contribution in [3.05, 3.63) is 0 Å². The zero-order valence-corrected chi connectivity index (χ0v) is 30.5. The lowest BCUT2D eigenvalue weighted by molar-refractivity contribution is -0.188. The maximum Gasteiger partial charge on any atom is 0.314 e. The van der Waals surface area contributed by atoms with Crippen LogP contribution in [0.2, 0.25) is 0 Å². The molecule has 3 N–H and O–H groups in total. The molecule has 0 spiro atoms. The average Bonchev–Trinajstić information content (AvgIpc) is 3.78. The molecule has 3 aliphatic rings. The first kappa shape index (κ1) is 55.6. The summed E-state index contributed by atoms with van der Waals surface area (Å²) >= 11 is 0. The Kier molecular flexibility index (Phi) is 41.0. The highest BCUT2D eigenvalue weighted by molar-refractivity contribution is 6.01. The first-order valence-electron chi connectivity index (χ1n) is 17.0. The fraction of sp³-hybridized carbons (Fsp3) is 0.735. The maximum atomic E-state index is 11.3. The number of carbonyl (C=O) groups is 9. The highest BCUT2D eigenvalue weighted by atomic mass is 16.7. The van der Waals surface area contributed by atoms with Crippen molar-refractivity contribution in [3.63, 3.8) is 0 Å². The van der Waals surface area contributed by atoms with E-state index in [1.54, 1.807) is 7.11 Å². The van der Waals surface area contributed by atoms with E-state index in [-0.39, 0.29) is 94.6 Å². The summed E-state index contributed by atoms with van der Waals surface area (Å²) in [6, 6.07) is 0. The van der Waals surface area contributed by atoms with Crippen molar-refractivity contribution in [2.45, 2.75) is 118 Å². The van der Waals surface area contributed by atoms with Crippen molar-refractivity contribution >= 4 is 54.3 Å². The van der Waals surface area contributed by atoms with Crippen molar-refractivity contribution in [1.29, 1.82) is 0 Å². The smallest absolute Gasteiger partial charge is 0.314 e. The first-order valence-corrected chi connectivity index (χ1v) is 17.0. The second-order valence-electron chi connectivity index (χ2n) is 10.5. The molecule has 0 atom stereocenters. The lowest BCUT2D eigenvalue weighted by Gasteiger charge is -2.12. The normalized spacial score (nSPS) is 14.0. The summed E-state index contributed by atoms with van der Waals surface area (Å²) < 4.78 is 18.4. The van der Waals surface area contributed by atoms with Gasteiger partial charge in [-0.1, -0.05) is 34.1 Å². The molecule has 3 saturated heterocycles. The van der Waals surface area contributed by atoms with Crippen LogP contribution < -0.4 is 0 Å². The van der Waals surface area contributed by atoms with Gasteiger partial charge in [-0.25, -0.2) is 0 Å². The molecular weight excluding hydrogens is 708 g/mol. The molecule has 0 aromatic heterocycles. The van der Waals surface area contributed by atoms with Gasteiger partial charge in [-0.15, -0.1) is 0 Å². The van der Waals surface area contributed by atoms with Gasteiger partial charge < -0.3 is 34.0 Å². The number of amides is 4. The fourth-order valence-corrected chi connectivity index (χ4v) is 3.34. The lowest BCUT2D eigenvalue weighted by Crippen LogP contribution is -2.29. The second kappa shape index (κ2) is 39.0. The van der Waals surface area contributed by atoms with Crippen LogP contribution in [0.4, 0.5) is 0 Å². The van der Waals surface area contributed by atoms with Crippen LogP contribution in [0.1, 0.15) is 118 Å². The minimum absolute atomic E-state index is 0. The number of cyclic esters (lactones) is 2. The molecule has 19 nitrogen and oxygen atoms in total. The molecule has 0 aromatic carbocycles. The molecule has 3 fully saturated rings. The van der Waals surface area contributed by atoms with E-state index >= 15 is 0 Å². The molecule has 0 unspecified atom stereocenters. The number of nitrogens with zero attached hydrogens (tertiary/aromatic N) is 2. The molecular formula is C34H60N2O17. The molecule has 0 aliphatic carbocycles. The van der Waals surface area contributed by atoms with Gasteiger partial charge in [0, 0.05) is 52.2 Å². The number of rotatable bonds is 17. The topological polar surface area (TPSA) is 267 Å². The van der Waals surface area contributed by atoms with Crippen LogP contribution in [0.3, 0.4) is 0 Å². The van der Waals surface area contributed by atoms with Crippen LogP contribution in [-0.2, 0) is 66.9 Å². The van der Waals surface area contributed by atoms with E-state index in [2.05, 4.69) is 9.47 Å². The number of aliphatic hydroxyl groups excluding tert-OH is 2. The van der Waals surface area contributed by atoms with E-state index in [1.807, 2.05) is 20.6 Å². The monoisotopic (exact) mass is 768 g/mol. The van der Waals surface area contributed by atoms with Gasteiger partial charge in [-0.3, -0.25) is 48.4 Å². The predicted molar refractivity (Wildman–Crippen MR) is 185 cm³/mol. The summed E-state index contributed by atoms with van der Waals surface area (Å²) in [7, 11) is 1.55. The highest BCUT2D eigenvalue weighted by Gasteiger charge is 2.30. The van der Waals surface area contributed by atoms with Crippen molar-refractivity contribution < 1.29 is 82.4 Å². The van der Waals surface area contributed by atoms with Gasteiger partial charge in [-0.05, 0) is 32.1 Å².